The van der Waals surface area contributed by atoms with E-state index >= 15 is 0 Å². The van der Waals surface area contributed by atoms with Crippen LogP contribution in [0.3, 0.4) is 0 Å². The summed E-state index contributed by atoms with van der Waals surface area (Å²) >= 11 is 3.57. The van der Waals surface area contributed by atoms with Crippen LogP contribution in [0.5, 0.6) is 0 Å². The van der Waals surface area contributed by atoms with Crippen molar-refractivity contribution in [3.63, 3.8) is 0 Å². The molecule has 88 valence electrons. The predicted molar refractivity (Wildman–Crippen MR) is 77.5 cm³/mol. The fraction of sp³-hybridized carbons (Fsp3) is 0.200. The van der Waals surface area contributed by atoms with Crippen molar-refractivity contribution in [1.82, 2.24) is 0 Å². The van der Waals surface area contributed by atoms with Crippen LogP contribution in [0.2, 0.25) is 0 Å². The third kappa shape index (κ3) is 3.34. The van der Waals surface area contributed by atoms with E-state index in [9.17, 15) is 0 Å². The summed E-state index contributed by atoms with van der Waals surface area (Å²) in [6.45, 7) is 3.08. The largest absolute Gasteiger partial charge is 0.384 e. The maximum atomic E-state index is 3.57. The second-order valence-electron chi connectivity index (χ2n) is 4.08. The summed E-state index contributed by atoms with van der Waals surface area (Å²) in [5, 5.41) is 3.47. The highest BCUT2D eigenvalue weighted by Gasteiger charge is 1.99. The first-order valence-corrected chi connectivity index (χ1v) is 6.59. The highest BCUT2D eigenvalue weighted by Crippen LogP contribution is 2.17. The van der Waals surface area contributed by atoms with Crippen LogP contribution in [0.1, 0.15) is 11.1 Å². The Hall–Kier alpha value is -1.28. The van der Waals surface area contributed by atoms with E-state index < -0.39 is 0 Å². The van der Waals surface area contributed by atoms with Gasteiger partial charge in [-0.15, -0.1) is 0 Å². The molecule has 0 aromatic heterocycles. The maximum absolute atomic E-state index is 3.57. The number of anilines is 1. The third-order valence-electron chi connectivity index (χ3n) is 2.81. The molecule has 2 aromatic carbocycles. The number of hydrogen-bond acceptors (Lipinski definition) is 1. The second-order valence-corrected chi connectivity index (χ2v) is 4.94. The molecular formula is C15H16BrN. The van der Waals surface area contributed by atoms with Crippen molar-refractivity contribution in [2.24, 2.45) is 0 Å². The summed E-state index contributed by atoms with van der Waals surface area (Å²) in [7, 11) is 0. The minimum absolute atomic E-state index is 0.952. The third-order valence-corrected chi connectivity index (χ3v) is 3.59. The van der Waals surface area contributed by atoms with Crippen LogP contribution >= 0.6 is 15.9 Å². The number of para-hydroxylation sites is 1. The average molecular weight is 290 g/mol. The van der Waals surface area contributed by atoms with Gasteiger partial charge in [0.05, 0.1) is 0 Å². The van der Waals surface area contributed by atoms with E-state index in [0.29, 0.717) is 0 Å². The average Bonchev–Trinajstić information content (AvgIpc) is 2.34. The Kier molecular flexibility index (Phi) is 4.21. The summed E-state index contributed by atoms with van der Waals surface area (Å²) in [6.07, 6.45) is 1.02. The van der Waals surface area contributed by atoms with Crippen molar-refractivity contribution in [2.75, 3.05) is 11.9 Å². The minimum Gasteiger partial charge on any atom is -0.384 e. The lowest BCUT2D eigenvalue weighted by Crippen LogP contribution is -2.06. The van der Waals surface area contributed by atoms with Crippen molar-refractivity contribution in [3.8, 4) is 0 Å². The van der Waals surface area contributed by atoms with Crippen LogP contribution in [-0.2, 0) is 6.42 Å². The van der Waals surface area contributed by atoms with Gasteiger partial charge in [0.15, 0.2) is 0 Å². The lowest BCUT2D eigenvalue weighted by molar-refractivity contribution is 1.01. The molecule has 1 N–H and O–H groups in total. The first-order chi connectivity index (χ1) is 8.27. The first kappa shape index (κ1) is 12.2. The molecule has 0 atom stereocenters. The molecule has 1 nitrogen and oxygen atoms in total. The van der Waals surface area contributed by atoms with Gasteiger partial charge in [0.25, 0.3) is 0 Å². The van der Waals surface area contributed by atoms with Crippen molar-refractivity contribution in [2.45, 2.75) is 13.3 Å². The van der Waals surface area contributed by atoms with Crippen LogP contribution in [0.15, 0.2) is 53.0 Å². The van der Waals surface area contributed by atoms with E-state index in [0.717, 1.165) is 13.0 Å². The Labute approximate surface area is 111 Å². The molecule has 17 heavy (non-hydrogen) atoms. The molecule has 2 aromatic rings. The number of rotatable bonds is 4. The number of hydrogen-bond donors (Lipinski definition) is 1. The molecule has 2 rings (SSSR count). The normalized spacial score (nSPS) is 10.2. The fourth-order valence-corrected chi connectivity index (χ4v) is 2.29. The molecule has 0 aliphatic heterocycles. The van der Waals surface area contributed by atoms with Gasteiger partial charge in [0.1, 0.15) is 0 Å². The number of benzene rings is 2. The second kappa shape index (κ2) is 5.87. The van der Waals surface area contributed by atoms with Gasteiger partial charge in [-0.1, -0.05) is 52.3 Å². The van der Waals surface area contributed by atoms with Crippen molar-refractivity contribution in [1.29, 1.82) is 0 Å². The summed E-state index contributed by atoms with van der Waals surface area (Å²) in [5.74, 6) is 0. The Morgan fingerprint density at radius 1 is 1.00 bits per heavy atom. The van der Waals surface area contributed by atoms with E-state index in [1.807, 2.05) is 6.07 Å². The minimum atomic E-state index is 0.952. The smallest absolute Gasteiger partial charge is 0.0369 e. The molecule has 0 spiro atoms. The summed E-state index contributed by atoms with van der Waals surface area (Å²) in [5.41, 5.74) is 3.85. The Morgan fingerprint density at radius 3 is 2.47 bits per heavy atom. The monoisotopic (exact) mass is 289 g/mol. The zero-order chi connectivity index (χ0) is 12.1. The highest BCUT2D eigenvalue weighted by molar-refractivity contribution is 9.10. The van der Waals surface area contributed by atoms with Gasteiger partial charge < -0.3 is 5.32 Å². The van der Waals surface area contributed by atoms with Gasteiger partial charge in [-0.3, -0.25) is 0 Å². The predicted octanol–water partition coefficient (Wildman–Crippen LogP) is 4.41. The summed E-state index contributed by atoms with van der Waals surface area (Å²) < 4.78 is 1.19. The molecule has 0 aliphatic rings. The zero-order valence-corrected chi connectivity index (χ0v) is 11.5. The number of aryl methyl sites for hydroxylation is 1. The van der Waals surface area contributed by atoms with E-state index in [-0.39, 0.29) is 0 Å². The Morgan fingerprint density at radius 2 is 1.71 bits per heavy atom. The molecule has 0 heterocycles. The van der Waals surface area contributed by atoms with E-state index in [2.05, 4.69) is 70.6 Å². The van der Waals surface area contributed by atoms with Gasteiger partial charge in [-0.25, -0.2) is 0 Å². The fourth-order valence-electron chi connectivity index (χ4n) is 1.80. The molecule has 0 unspecified atom stereocenters. The molecular weight excluding hydrogens is 274 g/mol. The molecule has 0 fully saturated rings. The van der Waals surface area contributed by atoms with Crippen molar-refractivity contribution < 1.29 is 0 Å². The maximum Gasteiger partial charge on any atom is 0.0369 e. The van der Waals surface area contributed by atoms with Gasteiger partial charge in [-0.2, -0.15) is 0 Å². The van der Waals surface area contributed by atoms with Crippen LogP contribution < -0.4 is 5.32 Å². The topological polar surface area (TPSA) is 12.0 Å². The molecule has 0 saturated heterocycles. The summed E-state index contributed by atoms with van der Waals surface area (Å²) in [6, 6.07) is 16.7. The first-order valence-electron chi connectivity index (χ1n) is 5.80. The van der Waals surface area contributed by atoms with Crippen molar-refractivity contribution in [3.05, 3.63) is 64.1 Å². The lowest BCUT2D eigenvalue weighted by atomic mass is 10.1. The summed E-state index contributed by atoms with van der Waals surface area (Å²) in [4.78, 5) is 0. The molecule has 0 saturated carbocycles. The zero-order valence-electron chi connectivity index (χ0n) is 9.91. The van der Waals surface area contributed by atoms with Gasteiger partial charge in [0, 0.05) is 16.7 Å². The molecule has 0 amide bonds. The highest BCUT2D eigenvalue weighted by atomic mass is 79.9. The van der Waals surface area contributed by atoms with Gasteiger partial charge in [-0.05, 0) is 36.6 Å². The lowest BCUT2D eigenvalue weighted by Gasteiger charge is -2.09. The number of nitrogens with one attached hydrogen (secondary N) is 1. The number of halogens is 1. The molecule has 0 aliphatic carbocycles. The van der Waals surface area contributed by atoms with Gasteiger partial charge in [0.2, 0.25) is 0 Å². The molecule has 2 heteroatoms. The van der Waals surface area contributed by atoms with Crippen LogP contribution in [0.25, 0.3) is 0 Å². The van der Waals surface area contributed by atoms with Crippen LogP contribution in [-0.4, -0.2) is 6.54 Å². The Balaban J connectivity index is 1.93. The van der Waals surface area contributed by atoms with E-state index in [1.165, 1.54) is 21.3 Å². The molecule has 0 radical (unpaired) electrons. The Bertz CT molecular complexity index is 448. The quantitative estimate of drug-likeness (QED) is 0.879. The van der Waals surface area contributed by atoms with E-state index in [4.69, 9.17) is 0 Å². The standard InChI is InChI=1S/C15H16BrN/c1-12-6-2-5-9-15(12)17-11-10-13-7-3-4-8-14(13)16/h2-9,17H,10-11H2,1H3. The SMILES string of the molecule is Cc1ccccc1NCCc1ccccc1Br. The van der Waals surface area contributed by atoms with Crippen LogP contribution in [0.4, 0.5) is 5.69 Å². The van der Waals surface area contributed by atoms with Crippen LogP contribution in [0, 0.1) is 6.92 Å². The van der Waals surface area contributed by atoms with Crippen molar-refractivity contribution >= 4 is 21.6 Å². The van der Waals surface area contributed by atoms with Gasteiger partial charge >= 0.3 is 0 Å². The van der Waals surface area contributed by atoms with E-state index in [1.54, 1.807) is 0 Å². The molecule has 0 bridgehead atoms.